The van der Waals surface area contributed by atoms with Crippen molar-refractivity contribution in [2.45, 2.75) is 38.3 Å². The third kappa shape index (κ3) is 2.75. The minimum atomic E-state index is 0.684. The van der Waals surface area contributed by atoms with Crippen LogP contribution in [0.1, 0.15) is 31.2 Å². The third-order valence-corrected chi connectivity index (χ3v) is 4.05. The molecule has 0 unspecified atom stereocenters. The summed E-state index contributed by atoms with van der Waals surface area (Å²) in [5, 5.41) is 4.06. The lowest BCUT2D eigenvalue weighted by Gasteiger charge is -2.29. The Balaban J connectivity index is 2.26. The maximum Gasteiger partial charge on any atom is 0.0471 e. The van der Waals surface area contributed by atoms with Crippen molar-refractivity contribution in [2.75, 3.05) is 19.0 Å². The van der Waals surface area contributed by atoms with E-state index in [4.69, 9.17) is 11.6 Å². The fourth-order valence-electron chi connectivity index (χ4n) is 2.72. The lowest BCUT2D eigenvalue weighted by atomic mass is 10.1. The van der Waals surface area contributed by atoms with Gasteiger partial charge in [0.05, 0.1) is 0 Å². The van der Waals surface area contributed by atoms with Crippen LogP contribution >= 0.6 is 11.6 Å². The first-order valence-electron chi connectivity index (χ1n) is 6.39. The minimum Gasteiger partial charge on any atom is -0.371 e. The summed E-state index contributed by atoms with van der Waals surface area (Å²) in [4.78, 5) is 2.41. The molecule has 1 N–H and O–H groups in total. The lowest BCUT2D eigenvalue weighted by Crippen LogP contribution is -2.30. The van der Waals surface area contributed by atoms with Crippen LogP contribution in [-0.4, -0.2) is 20.1 Å². The van der Waals surface area contributed by atoms with Gasteiger partial charge in [0.1, 0.15) is 0 Å². The summed E-state index contributed by atoms with van der Waals surface area (Å²) in [6, 6.07) is 6.88. The molecule has 17 heavy (non-hydrogen) atoms. The van der Waals surface area contributed by atoms with Crippen molar-refractivity contribution < 1.29 is 0 Å². The van der Waals surface area contributed by atoms with Gasteiger partial charge in [0.25, 0.3) is 0 Å². The molecule has 1 aromatic rings. The summed E-state index contributed by atoms with van der Waals surface area (Å²) in [5.41, 5.74) is 2.49. The molecule has 0 atom stereocenters. The third-order valence-electron chi connectivity index (χ3n) is 3.70. The fraction of sp³-hybridized carbons (Fsp3) is 0.571. The molecule has 0 aliphatic heterocycles. The fourth-order valence-corrected chi connectivity index (χ4v) is 2.95. The Morgan fingerprint density at radius 3 is 2.71 bits per heavy atom. The van der Waals surface area contributed by atoms with E-state index >= 15 is 0 Å². The Bertz CT molecular complexity index is 372. The van der Waals surface area contributed by atoms with Crippen LogP contribution in [0.2, 0.25) is 5.02 Å². The predicted octanol–water partition coefficient (Wildman–Crippen LogP) is 3.44. The van der Waals surface area contributed by atoms with Crippen molar-refractivity contribution >= 4 is 17.3 Å². The van der Waals surface area contributed by atoms with Crippen molar-refractivity contribution in [3.63, 3.8) is 0 Å². The summed E-state index contributed by atoms with van der Waals surface area (Å²) >= 11 is 6.29. The molecule has 1 aromatic carbocycles. The maximum absolute atomic E-state index is 6.29. The van der Waals surface area contributed by atoms with Gasteiger partial charge in [0, 0.05) is 35.9 Å². The van der Waals surface area contributed by atoms with Crippen LogP contribution in [0.3, 0.4) is 0 Å². The van der Waals surface area contributed by atoms with Crippen LogP contribution in [0.5, 0.6) is 0 Å². The zero-order valence-electron chi connectivity index (χ0n) is 10.7. The number of hydrogen-bond acceptors (Lipinski definition) is 2. The Labute approximate surface area is 109 Å². The first-order valence-corrected chi connectivity index (χ1v) is 6.76. The average Bonchev–Trinajstić information content (AvgIpc) is 2.85. The number of anilines is 1. The highest BCUT2D eigenvalue weighted by Gasteiger charge is 2.21. The molecule has 1 aliphatic rings. The smallest absolute Gasteiger partial charge is 0.0471 e. The average molecular weight is 253 g/mol. The molecule has 2 rings (SSSR count). The first-order chi connectivity index (χ1) is 8.24. The van der Waals surface area contributed by atoms with Gasteiger partial charge < -0.3 is 10.2 Å². The molecule has 94 valence electrons. The molecule has 1 fully saturated rings. The van der Waals surface area contributed by atoms with Crippen molar-refractivity contribution in [1.29, 1.82) is 0 Å². The summed E-state index contributed by atoms with van der Waals surface area (Å²) in [7, 11) is 4.16. The molecule has 2 nitrogen and oxygen atoms in total. The first kappa shape index (κ1) is 12.7. The topological polar surface area (TPSA) is 15.3 Å². The quantitative estimate of drug-likeness (QED) is 0.883. The summed E-state index contributed by atoms with van der Waals surface area (Å²) in [6.45, 7) is 0.825. The summed E-state index contributed by atoms with van der Waals surface area (Å²) < 4.78 is 0. The molecule has 0 aromatic heterocycles. The number of rotatable bonds is 4. The molecule has 0 bridgehead atoms. The number of hydrogen-bond donors (Lipinski definition) is 1. The molecule has 0 amide bonds. The molecular weight excluding hydrogens is 232 g/mol. The largest absolute Gasteiger partial charge is 0.371 e. The van der Waals surface area contributed by atoms with Gasteiger partial charge in [-0.3, -0.25) is 0 Å². The normalized spacial score (nSPS) is 16.4. The Kier molecular flexibility index (Phi) is 4.30. The van der Waals surface area contributed by atoms with Gasteiger partial charge in [-0.15, -0.1) is 0 Å². The molecule has 1 aliphatic carbocycles. The Morgan fingerprint density at radius 2 is 2.06 bits per heavy atom. The van der Waals surface area contributed by atoms with E-state index in [0.717, 1.165) is 11.6 Å². The van der Waals surface area contributed by atoms with Gasteiger partial charge in [-0.05, 0) is 32.0 Å². The SMILES string of the molecule is CNCc1c(Cl)cccc1N(C)C1CCCC1. The van der Waals surface area contributed by atoms with Gasteiger partial charge in [0.2, 0.25) is 0 Å². The highest BCUT2D eigenvalue weighted by Crippen LogP contribution is 2.32. The van der Waals surface area contributed by atoms with Crippen molar-refractivity contribution in [3.05, 3.63) is 28.8 Å². The zero-order valence-corrected chi connectivity index (χ0v) is 11.4. The lowest BCUT2D eigenvalue weighted by molar-refractivity contribution is 0.648. The van der Waals surface area contributed by atoms with E-state index in [2.05, 4.69) is 23.3 Å². The van der Waals surface area contributed by atoms with Gasteiger partial charge in [-0.2, -0.15) is 0 Å². The minimum absolute atomic E-state index is 0.684. The van der Waals surface area contributed by atoms with E-state index in [1.54, 1.807) is 0 Å². The highest BCUT2D eigenvalue weighted by molar-refractivity contribution is 6.31. The van der Waals surface area contributed by atoms with Crippen LogP contribution in [-0.2, 0) is 6.54 Å². The highest BCUT2D eigenvalue weighted by atomic mass is 35.5. The Morgan fingerprint density at radius 1 is 1.35 bits per heavy atom. The van der Waals surface area contributed by atoms with E-state index in [9.17, 15) is 0 Å². The second kappa shape index (κ2) is 5.74. The standard InChI is InChI=1S/C14H21ClN2/c1-16-10-12-13(15)8-5-9-14(12)17(2)11-6-3-4-7-11/h5,8-9,11,16H,3-4,6-7,10H2,1-2H3. The molecule has 3 heteroatoms. The molecule has 0 heterocycles. The van der Waals surface area contributed by atoms with E-state index in [1.165, 1.54) is 36.9 Å². The monoisotopic (exact) mass is 252 g/mol. The number of nitrogens with one attached hydrogen (secondary N) is 1. The second-order valence-corrected chi connectivity index (χ2v) is 5.22. The van der Waals surface area contributed by atoms with E-state index in [-0.39, 0.29) is 0 Å². The van der Waals surface area contributed by atoms with E-state index < -0.39 is 0 Å². The van der Waals surface area contributed by atoms with Crippen molar-refractivity contribution in [3.8, 4) is 0 Å². The van der Waals surface area contributed by atoms with Crippen molar-refractivity contribution in [2.24, 2.45) is 0 Å². The van der Waals surface area contributed by atoms with Gasteiger partial charge >= 0.3 is 0 Å². The molecule has 1 saturated carbocycles. The van der Waals surface area contributed by atoms with Crippen LogP contribution < -0.4 is 10.2 Å². The van der Waals surface area contributed by atoms with Gasteiger partial charge in [-0.1, -0.05) is 30.5 Å². The van der Waals surface area contributed by atoms with Gasteiger partial charge in [0.15, 0.2) is 0 Å². The molecule has 0 spiro atoms. The summed E-state index contributed by atoms with van der Waals surface area (Å²) in [5.74, 6) is 0. The van der Waals surface area contributed by atoms with Crippen LogP contribution in [0.25, 0.3) is 0 Å². The molecular formula is C14H21ClN2. The Hall–Kier alpha value is -0.730. The molecule has 0 saturated heterocycles. The number of benzene rings is 1. The summed E-state index contributed by atoms with van der Waals surface area (Å²) in [6.07, 6.45) is 5.33. The van der Waals surface area contributed by atoms with Crippen LogP contribution in [0.15, 0.2) is 18.2 Å². The van der Waals surface area contributed by atoms with Crippen LogP contribution in [0, 0.1) is 0 Å². The second-order valence-electron chi connectivity index (χ2n) is 4.82. The van der Waals surface area contributed by atoms with Gasteiger partial charge in [-0.25, -0.2) is 0 Å². The predicted molar refractivity (Wildman–Crippen MR) is 74.9 cm³/mol. The molecule has 0 radical (unpaired) electrons. The van der Waals surface area contributed by atoms with Crippen molar-refractivity contribution in [1.82, 2.24) is 5.32 Å². The number of nitrogens with zero attached hydrogens (tertiary/aromatic N) is 1. The number of halogens is 1. The van der Waals surface area contributed by atoms with Crippen LogP contribution in [0.4, 0.5) is 5.69 Å². The van der Waals surface area contributed by atoms with E-state index in [0.29, 0.717) is 6.04 Å². The zero-order chi connectivity index (χ0) is 12.3. The van der Waals surface area contributed by atoms with E-state index in [1.807, 2.05) is 19.2 Å². The maximum atomic E-state index is 6.29.